The molecule has 3 N–H and O–H groups in total. The Hall–Kier alpha value is -2.22. The van der Waals surface area contributed by atoms with Gasteiger partial charge in [0.2, 0.25) is 5.88 Å². The first-order valence-corrected chi connectivity index (χ1v) is 5.81. The number of hydrogen-bond donors (Lipinski definition) is 2. The lowest BCUT2D eigenvalue weighted by atomic mass is 10.3. The second-order valence-corrected chi connectivity index (χ2v) is 4.35. The molecule has 1 aromatic carbocycles. The molecule has 0 unspecified atom stereocenters. The maximum absolute atomic E-state index is 13.1. The van der Waals surface area contributed by atoms with Gasteiger partial charge in [-0.2, -0.15) is 0 Å². The molecule has 0 aliphatic heterocycles. The van der Waals surface area contributed by atoms with Crippen LogP contribution in [0.3, 0.4) is 0 Å². The predicted molar refractivity (Wildman–Crippen MR) is 68.7 cm³/mol. The minimum absolute atomic E-state index is 0.159. The Bertz CT molecular complexity index is 598. The summed E-state index contributed by atoms with van der Waals surface area (Å²) >= 11 is 3.15. The number of benzene rings is 1. The van der Waals surface area contributed by atoms with Crippen LogP contribution >= 0.6 is 15.9 Å². The van der Waals surface area contributed by atoms with E-state index in [4.69, 9.17) is 15.7 Å². The molecule has 0 aliphatic carbocycles. The van der Waals surface area contributed by atoms with Crippen LogP contribution in [0.5, 0.6) is 11.6 Å². The van der Waals surface area contributed by atoms with E-state index in [2.05, 4.69) is 31.1 Å². The summed E-state index contributed by atoms with van der Waals surface area (Å²) in [5, 5.41) is 11.3. The van der Waals surface area contributed by atoms with Crippen LogP contribution < -0.4 is 10.5 Å². The van der Waals surface area contributed by atoms with Crippen LogP contribution in [-0.4, -0.2) is 21.0 Å². The molecule has 0 aliphatic rings. The lowest BCUT2D eigenvalue weighted by Crippen LogP contribution is -2.15. The second-order valence-electron chi connectivity index (χ2n) is 3.43. The molecule has 2 aromatic rings. The van der Waals surface area contributed by atoms with Crippen LogP contribution in [0.1, 0.15) is 5.69 Å². The van der Waals surface area contributed by atoms with Gasteiger partial charge in [-0.05, 0) is 12.1 Å². The van der Waals surface area contributed by atoms with Gasteiger partial charge >= 0.3 is 0 Å². The van der Waals surface area contributed by atoms with Gasteiger partial charge in [0.15, 0.2) is 5.84 Å². The Labute approximate surface area is 115 Å². The number of nitrogens with two attached hydrogens (primary N) is 1. The summed E-state index contributed by atoms with van der Waals surface area (Å²) in [5.74, 6) is -0.164. The number of amidine groups is 1. The number of hydrogen-bond acceptors (Lipinski definition) is 5. The van der Waals surface area contributed by atoms with Crippen LogP contribution in [0.4, 0.5) is 4.39 Å². The van der Waals surface area contributed by atoms with Gasteiger partial charge in [-0.1, -0.05) is 21.1 Å². The molecule has 0 saturated heterocycles. The van der Waals surface area contributed by atoms with Gasteiger partial charge < -0.3 is 15.7 Å². The van der Waals surface area contributed by atoms with Crippen molar-refractivity contribution in [1.82, 2.24) is 9.97 Å². The number of rotatable bonds is 3. The normalized spacial score (nSPS) is 11.4. The predicted octanol–water partition coefficient (Wildman–Crippen LogP) is 2.26. The lowest BCUT2D eigenvalue weighted by Gasteiger charge is -2.05. The number of aromatic nitrogens is 2. The fraction of sp³-hybridized carbons (Fsp3) is 0. The van der Waals surface area contributed by atoms with Crippen molar-refractivity contribution in [1.29, 1.82) is 0 Å². The smallest absolute Gasteiger partial charge is 0.237 e. The third kappa shape index (κ3) is 3.38. The molecule has 0 spiro atoms. The third-order valence-corrected chi connectivity index (χ3v) is 2.51. The van der Waals surface area contributed by atoms with Gasteiger partial charge in [-0.25, -0.2) is 14.4 Å². The van der Waals surface area contributed by atoms with Crippen molar-refractivity contribution in [3.63, 3.8) is 0 Å². The van der Waals surface area contributed by atoms with Crippen LogP contribution in [0.25, 0.3) is 0 Å². The Balaban J connectivity index is 2.19. The Morgan fingerprint density at radius 2 is 2.11 bits per heavy atom. The minimum atomic E-state index is -0.439. The highest BCUT2D eigenvalue weighted by Crippen LogP contribution is 2.24. The highest BCUT2D eigenvalue weighted by molar-refractivity contribution is 9.10. The van der Waals surface area contributed by atoms with Crippen molar-refractivity contribution in [3.8, 4) is 11.6 Å². The van der Waals surface area contributed by atoms with Crippen molar-refractivity contribution in [2.75, 3.05) is 0 Å². The van der Waals surface area contributed by atoms with Crippen LogP contribution in [0, 0.1) is 5.82 Å². The first-order valence-electron chi connectivity index (χ1n) is 5.02. The minimum Gasteiger partial charge on any atom is -0.437 e. The Morgan fingerprint density at radius 3 is 2.68 bits per heavy atom. The maximum Gasteiger partial charge on any atom is 0.237 e. The molecule has 2 rings (SSSR count). The zero-order valence-corrected chi connectivity index (χ0v) is 11.0. The van der Waals surface area contributed by atoms with Gasteiger partial charge in [-0.15, -0.1) is 0 Å². The summed E-state index contributed by atoms with van der Waals surface area (Å²) in [7, 11) is 0. The Kier molecular flexibility index (Phi) is 3.91. The number of nitrogens with zero attached hydrogens (tertiary/aromatic N) is 3. The van der Waals surface area contributed by atoms with E-state index in [0.717, 1.165) is 0 Å². The van der Waals surface area contributed by atoms with E-state index >= 15 is 0 Å². The van der Waals surface area contributed by atoms with Crippen LogP contribution in [-0.2, 0) is 0 Å². The zero-order chi connectivity index (χ0) is 13.8. The summed E-state index contributed by atoms with van der Waals surface area (Å²) < 4.78 is 19.0. The molecule has 0 atom stereocenters. The molecule has 6 nitrogen and oxygen atoms in total. The topological polar surface area (TPSA) is 93.6 Å². The molecule has 0 amide bonds. The highest BCUT2D eigenvalue weighted by atomic mass is 79.9. The number of halogens is 2. The van der Waals surface area contributed by atoms with E-state index in [1.54, 1.807) is 6.07 Å². The van der Waals surface area contributed by atoms with Gasteiger partial charge in [0.1, 0.15) is 17.3 Å². The van der Waals surface area contributed by atoms with E-state index in [1.807, 2.05) is 0 Å². The average molecular weight is 327 g/mol. The third-order valence-electron chi connectivity index (χ3n) is 2.06. The first kappa shape index (κ1) is 13.2. The van der Waals surface area contributed by atoms with E-state index < -0.39 is 5.82 Å². The SMILES string of the molecule is N/C(=N/O)c1cnc(Oc2cc(F)cc(Br)c2)cn1. The molecular formula is C11H8BrFN4O2. The molecule has 0 radical (unpaired) electrons. The van der Waals surface area contributed by atoms with Gasteiger partial charge in [0.05, 0.1) is 12.4 Å². The molecule has 0 bridgehead atoms. The summed E-state index contributed by atoms with van der Waals surface area (Å²) in [6.07, 6.45) is 2.56. The molecule has 0 fully saturated rings. The molecule has 8 heteroatoms. The van der Waals surface area contributed by atoms with E-state index in [9.17, 15) is 4.39 Å². The fourth-order valence-corrected chi connectivity index (χ4v) is 1.70. The standard InChI is InChI=1S/C11H8BrFN4O2/c12-6-1-7(13)3-8(2-6)19-10-5-15-9(4-16-10)11(14)17-18/h1-5,18H,(H2,14,17). The second kappa shape index (κ2) is 5.61. The van der Waals surface area contributed by atoms with Gasteiger partial charge in [-0.3, -0.25) is 0 Å². The van der Waals surface area contributed by atoms with Crippen molar-refractivity contribution in [2.45, 2.75) is 0 Å². The highest BCUT2D eigenvalue weighted by Gasteiger charge is 2.05. The van der Waals surface area contributed by atoms with Crippen molar-refractivity contribution >= 4 is 21.8 Å². The van der Waals surface area contributed by atoms with Gasteiger partial charge in [0, 0.05) is 10.5 Å². The monoisotopic (exact) mass is 326 g/mol. The number of oxime groups is 1. The van der Waals surface area contributed by atoms with E-state index in [-0.39, 0.29) is 23.2 Å². The first-order chi connectivity index (χ1) is 9.08. The summed E-state index contributed by atoms with van der Waals surface area (Å²) in [6, 6.07) is 4.10. The zero-order valence-electron chi connectivity index (χ0n) is 9.42. The molecule has 1 aromatic heterocycles. The summed E-state index contributed by atoms with van der Waals surface area (Å²) in [4.78, 5) is 7.79. The van der Waals surface area contributed by atoms with E-state index in [0.29, 0.717) is 4.47 Å². The summed E-state index contributed by atoms with van der Waals surface area (Å²) in [6.45, 7) is 0. The molecule has 1 heterocycles. The molecular weight excluding hydrogens is 319 g/mol. The number of ether oxygens (including phenoxy) is 1. The quantitative estimate of drug-likeness (QED) is 0.390. The molecule has 98 valence electrons. The van der Waals surface area contributed by atoms with Gasteiger partial charge in [0.25, 0.3) is 0 Å². The Morgan fingerprint density at radius 1 is 1.32 bits per heavy atom. The summed E-state index contributed by atoms with van der Waals surface area (Å²) in [5.41, 5.74) is 5.54. The maximum atomic E-state index is 13.1. The average Bonchev–Trinajstić information content (AvgIpc) is 2.37. The largest absolute Gasteiger partial charge is 0.437 e. The fourth-order valence-electron chi connectivity index (χ4n) is 1.26. The van der Waals surface area contributed by atoms with Crippen molar-refractivity contribution < 1.29 is 14.3 Å². The van der Waals surface area contributed by atoms with Crippen LogP contribution in [0.2, 0.25) is 0 Å². The van der Waals surface area contributed by atoms with Crippen LogP contribution in [0.15, 0.2) is 40.2 Å². The van der Waals surface area contributed by atoms with Crippen molar-refractivity contribution in [3.05, 3.63) is 46.6 Å². The lowest BCUT2D eigenvalue weighted by molar-refractivity contribution is 0.318. The molecule has 19 heavy (non-hydrogen) atoms. The van der Waals surface area contributed by atoms with E-state index in [1.165, 1.54) is 24.5 Å². The van der Waals surface area contributed by atoms with Crippen molar-refractivity contribution in [2.24, 2.45) is 10.9 Å². The molecule has 0 saturated carbocycles.